The van der Waals surface area contributed by atoms with Gasteiger partial charge in [-0.2, -0.15) is 4.98 Å². The molecule has 1 atom stereocenters. The third-order valence-electron chi connectivity index (χ3n) is 4.61. The van der Waals surface area contributed by atoms with Gasteiger partial charge in [-0.05, 0) is 23.7 Å². The van der Waals surface area contributed by atoms with E-state index in [-0.39, 0.29) is 17.2 Å². The van der Waals surface area contributed by atoms with E-state index in [9.17, 15) is 4.79 Å². The van der Waals surface area contributed by atoms with Crippen LogP contribution in [0.5, 0.6) is 0 Å². The molecule has 0 bridgehead atoms. The van der Waals surface area contributed by atoms with E-state index < -0.39 is 0 Å². The van der Waals surface area contributed by atoms with Crippen LogP contribution in [-0.4, -0.2) is 26.8 Å². The zero-order valence-electron chi connectivity index (χ0n) is 14.0. The molecule has 2 aliphatic rings. The highest BCUT2D eigenvalue weighted by atomic mass is 32.2. The Bertz CT molecular complexity index is 838. The van der Waals surface area contributed by atoms with Crippen LogP contribution in [0.2, 0.25) is 0 Å². The SMILES string of the molecule is CSc1nc2n(n1)C(c1ccccc1)C1=C(CC(C)(C)CC1=O)N2. The Kier molecular flexibility index (Phi) is 3.53. The number of carbonyl (C=O) groups is 1. The van der Waals surface area contributed by atoms with Crippen LogP contribution in [0.15, 0.2) is 46.8 Å². The van der Waals surface area contributed by atoms with E-state index in [1.165, 1.54) is 11.8 Å². The Morgan fingerprint density at radius 1 is 1.25 bits per heavy atom. The quantitative estimate of drug-likeness (QED) is 0.846. The van der Waals surface area contributed by atoms with Gasteiger partial charge >= 0.3 is 0 Å². The summed E-state index contributed by atoms with van der Waals surface area (Å²) >= 11 is 1.51. The van der Waals surface area contributed by atoms with E-state index in [0.29, 0.717) is 11.6 Å². The van der Waals surface area contributed by atoms with Gasteiger partial charge in [0.1, 0.15) is 6.04 Å². The highest BCUT2D eigenvalue weighted by molar-refractivity contribution is 7.98. The van der Waals surface area contributed by atoms with Crippen molar-refractivity contribution in [2.45, 2.75) is 37.9 Å². The number of benzene rings is 1. The number of ketones is 1. The number of hydrogen-bond donors (Lipinski definition) is 1. The lowest BCUT2D eigenvalue weighted by Gasteiger charge is -2.38. The van der Waals surface area contributed by atoms with Crippen molar-refractivity contribution in [2.24, 2.45) is 5.41 Å². The molecule has 2 heterocycles. The van der Waals surface area contributed by atoms with Gasteiger partial charge in [-0.3, -0.25) is 4.79 Å². The number of aromatic nitrogens is 3. The van der Waals surface area contributed by atoms with Gasteiger partial charge < -0.3 is 5.32 Å². The van der Waals surface area contributed by atoms with Crippen molar-refractivity contribution in [1.29, 1.82) is 0 Å². The summed E-state index contributed by atoms with van der Waals surface area (Å²) in [5.74, 6) is 0.923. The second kappa shape index (κ2) is 5.48. The maximum absolute atomic E-state index is 12.9. The number of rotatable bonds is 2. The second-order valence-corrected chi connectivity index (χ2v) is 7.91. The van der Waals surface area contributed by atoms with E-state index in [2.05, 4.69) is 41.4 Å². The molecule has 0 saturated carbocycles. The van der Waals surface area contributed by atoms with Gasteiger partial charge in [0.15, 0.2) is 5.78 Å². The van der Waals surface area contributed by atoms with Crippen molar-refractivity contribution >= 4 is 23.5 Å². The molecule has 5 nitrogen and oxygen atoms in total. The predicted molar refractivity (Wildman–Crippen MR) is 95.1 cm³/mol. The van der Waals surface area contributed by atoms with Gasteiger partial charge in [-0.25, -0.2) is 4.68 Å². The second-order valence-electron chi connectivity index (χ2n) is 7.14. The molecular weight excluding hydrogens is 320 g/mol. The van der Waals surface area contributed by atoms with E-state index in [1.807, 2.05) is 29.1 Å². The lowest BCUT2D eigenvalue weighted by molar-refractivity contribution is -0.118. The number of fused-ring (bicyclic) bond motifs is 1. The van der Waals surface area contributed by atoms with Crippen molar-refractivity contribution in [3.63, 3.8) is 0 Å². The summed E-state index contributed by atoms with van der Waals surface area (Å²) in [6, 6.07) is 9.90. The molecule has 24 heavy (non-hydrogen) atoms. The fourth-order valence-electron chi connectivity index (χ4n) is 3.62. The summed E-state index contributed by atoms with van der Waals surface area (Å²) in [5, 5.41) is 8.70. The fourth-order valence-corrected chi connectivity index (χ4v) is 3.97. The first-order valence-corrected chi connectivity index (χ1v) is 9.30. The van der Waals surface area contributed by atoms with E-state index in [4.69, 9.17) is 0 Å². The predicted octanol–water partition coefficient (Wildman–Crippen LogP) is 3.66. The van der Waals surface area contributed by atoms with Crippen LogP contribution in [0.25, 0.3) is 0 Å². The van der Waals surface area contributed by atoms with Gasteiger partial charge in [0.05, 0.1) is 0 Å². The summed E-state index contributed by atoms with van der Waals surface area (Å²) in [7, 11) is 0. The van der Waals surface area contributed by atoms with Gasteiger partial charge in [0, 0.05) is 17.7 Å². The van der Waals surface area contributed by atoms with Crippen LogP contribution in [0.4, 0.5) is 5.95 Å². The smallest absolute Gasteiger partial charge is 0.227 e. The first kappa shape index (κ1) is 15.4. The third-order valence-corrected chi connectivity index (χ3v) is 5.15. The molecule has 1 N–H and O–H groups in total. The van der Waals surface area contributed by atoms with Crippen molar-refractivity contribution in [3.8, 4) is 0 Å². The molecule has 1 aliphatic carbocycles. The Balaban J connectivity index is 1.91. The molecule has 1 aliphatic heterocycles. The molecule has 0 amide bonds. The standard InChI is InChI=1S/C18H20N4OS/c1-18(2)9-12-14(13(23)10-18)15(11-7-5-4-6-8-11)22-16(19-12)20-17(21-22)24-3/h4-8,15H,9-10H2,1-3H3,(H,19,20,21). The lowest BCUT2D eigenvalue weighted by Crippen LogP contribution is -2.36. The number of anilines is 1. The number of Topliss-reactive ketones (excluding diaryl/α,β-unsaturated/α-hetero) is 1. The normalized spacial score (nSPS) is 22.0. The maximum Gasteiger partial charge on any atom is 0.227 e. The average Bonchev–Trinajstić information content (AvgIpc) is 2.95. The Hall–Kier alpha value is -2.08. The summed E-state index contributed by atoms with van der Waals surface area (Å²) in [4.78, 5) is 17.5. The molecule has 1 aromatic carbocycles. The van der Waals surface area contributed by atoms with Crippen LogP contribution in [-0.2, 0) is 4.79 Å². The molecule has 124 valence electrons. The minimum Gasteiger partial charge on any atom is -0.328 e. The third kappa shape index (κ3) is 2.45. The molecule has 2 aromatic rings. The van der Waals surface area contributed by atoms with Crippen LogP contribution in [0.1, 0.15) is 38.3 Å². The number of hydrogen-bond acceptors (Lipinski definition) is 5. The van der Waals surface area contributed by atoms with Gasteiger partial charge in [0.2, 0.25) is 11.1 Å². The van der Waals surface area contributed by atoms with Crippen molar-refractivity contribution in [1.82, 2.24) is 14.8 Å². The Morgan fingerprint density at radius 3 is 2.71 bits per heavy atom. The minimum absolute atomic E-state index is 0.0331. The Labute approximate surface area is 145 Å². The monoisotopic (exact) mass is 340 g/mol. The summed E-state index contributed by atoms with van der Waals surface area (Å²) in [6.07, 6.45) is 3.37. The zero-order valence-corrected chi connectivity index (χ0v) is 14.9. The topological polar surface area (TPSA) is 59.8 Å². The molecule has 0 saturated heterocycles. The summed E-state index contributed by atoms with van der Waals surface area (Å²) in [5.41, 5.74) is 2.87. The first-order valence-electron chi connectivity index (χ1n) is 8.07. The Morgan fingerprint density at radius 2 is 2.00 bits per heavy atom. The van der Waals surface area contributed by atoms with Crippen LogP contribution < -0.4 is 5.32 Å². The summed E-state index contributed by atoms with van der Waals surface area (Å²) < 4.78 is 1.86. The van der Waals surface area contributed by atoms with E-state index in [0.717, 1.165) is 29.2 Å². The van der Waals surface area contributed by atoms with Gasteiger partial charge in [-0.1, -0.05) is 55.9 Å². The van der Waals surface area contributed by atoms with Gasteiger partial charge in [0.25, 0.3) is 0 Å². The molecule has 0 spiro atoms. The lowest BCUT2D eigenvalue weighted by atomic mass is 9.73. The van der Waals surface area contributed by atoms with Crippen LogP contribution in [0, 0.1) is 5.41 Å². The number of carbonyl (C=O) groups excluding carboxylic acids is 1. The molecule has 6 heteroatoms. The average molecular weight is 340 g/mol. The molecular formula is C18H20N4OS. The van der Waals surface area contributed by atoms with E-state index >= 15 is 0 Å². The van der Waals surface area contributed by atoms with Crippen molar-refractivity contribution < 1.29 is 4.79 Å². The van der Waals surface area contributed by atoms with Crippen molar-refractivity contribution in [2.75, 3.05) is 11.6 Å². The number of thioether (sulfide) groups is 1. The molecule has 0 fully saturated rings. The molecule has 1 unspecified atom stereocenters. The molecule has 0 radical (unpaired) electrons. The minimum atomic E-state index is -0.200. The van der Waals surface area contributed by atoms with Crippen LogP contribution >= 0.6 is 11.8 Å². The number of nitrogens with zero attached hydrogens (tertiary/aromatic N) is 3. The van der Waals surface area contributed by atoms with Crippen molar-refractivity contribution in [3.05, 3.63) is 47.2 Å². The highest BCUT2D eigenvalue weighted by Crippen LogP contribution is 2.45. The summed E-state index contributed by atoms with van der Waals surface area (Å²) in [6.45, 7) is 4.28. The van der Waals surface area contributed by atoms with Crippen LogP contribution in [0.3, 0.4) is 0 Å². The number of nitrogens with one attached hydrogen (secondary N) is 1. The zero-order chi connectivity index (χ0) is 16.9. The molecule has 1 aromatic heterocycles. The molecule has 4 rings (SSSR count). The van der Waals surface area contributed by atoms with Gasteiger partial charge in [-0.15, -0.1) is 5.10 Å². The number of allylic oxidation sites excluding steroid dienone is 2. The maximum atomic E-state index is 12.9. The van der Waals surface area contributed by atoms with E-state index in [1.54, 1.807) is 0 Å². The largest absolute Gasteiger partial charge is 0.328 e. The fraction of sp³-hybridized carbons (Fsp3) is 0.389. The first-order chi connectivity index (χ1) is 11.5. The highest BCUT2D eigenvalue weighted by Gasteiger charge is 2.41.